The summed E-state index contributed by atoms with van der Waals surface area (Å²) in [6.45, 7) is -1.15. The van der Waals surface area contributed by atoms with Gasteiger partial charge in [0.05, 0.1) is 26.4 Å². The van der Waals surface area contributed by atoms with Gasteiger partial charge in [0.25, 0.3) is 0 Å². The Hall–Kier alpha value is -2.03. The fourth-order valence-electron chi connectivity index (χ4n) is 1.49. The van der Waals surface area contributed by atoms with Crippen LogP contribution < -0.4 is 9.47 Å². The smallest absolute Gasteiger partial charge is 0.338 e. The molecule has 0 aromatic heterocycles. The summed E-state index contributed by atoms with van der Waals surface area (Å²) in [5.74, 6) is -1.02. The lowest BCUT2D eigenvalue weighted by Crippen LogP contribution is -2.34. The summed E-state index contributed by atoms with van der Waals surface area (Å²) in [6.07, 6.45) is -2.80. The Morgan fingerprint density at radius 3 is 2.10 bits per heavy atom. The van der Waals surface area contributed by atoms with Crippen molar-refractivity contribution in [2.45, 2.75) is 12.2 Å². The predicted molar refractivity (Wildman–Crippen MR) is 70.6 cm³/mol. The van der Waals surface area contributed by atoms with Gasteiger partial charge in [-0.25, -0.2) is 4.79 Å². The van der Waals surface area contributed by atoms with E-state index in [2.05, 4.69) is 0 Å². The molecule has 8 nitrogen and oxygen atoms in total. The Kier molecular flexibility index (Phi) is 6.22. The number of aromatic hydroxyl groups is 1. The van der Waals surface area contributed by atoms with E-state index in [4.69, 9.17) is 24.4 Å². The molecule has 2 atom stereocenters. The Morgan fingerprint density at radius 1 is 1.14 bits per heavy atom. The summed E-state index contributed by atoms with van der Waals surface area (Å²) < 4.78 is 14.6. The highest BCUT2D eigenvalue weighted by atomic mass is 16.5. The molecule has 118 valence electrons. The van der Waals surface area contributed by atoms with Crippen LogP contribution in [0.15, 0.2) is 12.1 Å². The van der Waals surface area contributed by atoms with E-state index in [-0.39, 0.29) is 22.8 Å². The van der Waals surface area contributed by atoms with Crippen molar-refractivity contribution in [1.29, 1.82) is 0 Å². The number of hydrogen-bond donors (Lipinski definition) is 4. The quantitative estimate of drug-likeness (QED) is 0.486. The molecule has 1 rings (SSSR count). The highest BCUT2D eigenvalue weighted by Gasteiger charge is 2.20. The lowest BCUT2D eigenvalue weighted by atomic mass is 10.2. The number of ether oxygens (including phenoxy) is 3. The van der Waals surface area contributed by atoms with Crippen molar-refractivity contribution >= 4 is 5.97 Å². The maximum atomic E-state index is 11.8. The number of carbonyl (C=O) groups is 1. The second-order valence-electron chi connectivity index (χ2n) is 4.15. The summed E-state index contributed by atoms with van der Waals surface area (Å²) in [4.78, 5) is 11.8. The van der Waals surface area contributed by atoms with Crippen molar-refractivity contribution in [2.75, 3.05) is 27.4 Å². The van der Waals surface area contributed by atoms with Crippen LogP contribution in [0.2, 0.25) is 0 Å². The van der Waals surface area contributed by atoms with Gasteiger partial charge in [-0.2, -0.15) is 0 Å². The molecule has 0 spiro atoms. The number of rotatable bonds is 7. The van der Waals surface area contributed by atoms with Gasteiger partial charge in [-0.1, -0.05) is 0 Å². The molecule has 0 aliphatic carbocycles. The third kappa shape index (κ3) is 4.22. The molecule has 2 unspecified atom stereocenters. The van der Waals surface area contributed by atoms with E-state index in [0.717, 1.165) is 0 Å². The van der Waals surface area contributed by atoms with Crippen LogP contribution in [0, 0.1) is 0 Å². The standard InChI is InChI=1S/C13H18O8/c1-19-10-3-7(4-11(20-2)12(10)17)13(18)21-6-9(16)8(15)5-14/h3-4,8-9,14-17H,5-6H2,1-2H3. The van der Waals surface area contributed by atoms with Crippen LogP contribution in [-0.4, -0.2) is 66.0 Å². The van der Waals surface area contributed by atoms with E-state index in [1.54, 1.807) is 0 Å². The Morgan fingerprint density at radius 2 is 1.67 bits per heavy atom. The molecule has 0 heterocycles. The van der Waals surface area contributed by atoms with Crippen LogP contribution in [0.3, 0.4) is 0 Å². The first-order valence-corrected chi connectivity index (χ1v) is 6.03. The zero-order valence-corrected chi connectivity index (χ0v) is 11.6. The molecule has 21 heavy (non-hydrogen) atoms. The van der Waals surface area contributed by atoms with Crippen molar-refractivity contribution in [3.63, 3.8) is 0 Å². The lowest BCUT2D eigenvalue weighted by Gasteiger charge is -2.16. The number of esters is 1. The average molecular weight is 302 g/mol. The minimum atomic E-state index is -1.40. The van der Waals surface area contributed by atoms with Crippen LogP contribution in [0.25, 0.3) is 0 Å². The first-order valence-electron chi connectivity index (χ1n) is 6.03. The van der Waals surface area contributed by atoms with Gasteiger partial charge < -0.3 is 34.6 Å². The summed E-state index contributed by atoms with van der Waals surface area (Å²) in [5, 5.41) is 36.9. The molecule has 0 saturated carbocycles. The maximum Gasteiger partial charge on any atom is 0.338 e. The van der Waals surface area contributed by atoms with Gasteiger partial charge in [-0.3, -0.25) is 0 Å². The summed E-state index contributed by atoms with van der Waals surface area (Å²) in [5.41, 5.74) is 0.0344. The fourth-order valence-corrected chi connectivity index (χ4v) is 1.49. The molecule has 0 aliphatic rings. The van der Waals surface area contributed by atoms with Gasteiger partial charge in [0.15, 0.2) is 11.5 Å². The third-order valence-corrected chi connectivity index (χ3v) is 2.73. The molecule has 8 heteroatoms. The summed E-state index contributed by atoms with van der Waals surface area (Å²) >= 11 is 0. The van der Waals surface area contributed by atoms with Gasteiger partial charge in [0, 0.05) is 0 Å². The Balaban J connectivity index is 2.83. The molecule has 4 N–H and O–H groups in total. The number of methoxy groups -OCH3 is 2. The predicted octanol–water partition coefficient (Wildman–Crippen LogP) is -0.720. The molecule has 0 fully saturated rings. The molecule has 0 saturated heterocycles. The highest BCUT2D eigenvalue weighted by Crippen LogP contribution is 2.37. The second-order valence-corrected chi connectivity index (χ2v) is 4.15. The normalized spacial score (nSPS) is 13.4. The van der Waals surface area contributed by atoms with E-state index in [0.29, 0.717) is 0 Å². The first-order chi connectivity index (χ1) is 9.94. The van der Waals surface area contributed by atoms with Crippen molar-refractivity contribution in [3.05, 3.63) is 17.7 Å². The zero-order chi connectivity index (χ0) is 16.0. The van der Waals surface area contributed by atoms with Crippen LogP contribution >= 0.6 is 0 Å². The van der Waals surface area contributed by atoms with Gasteiger partial charge in [0.2, 0.25) is 5.75 Å². The summed E-state index contributed by atoms with van der Waals surface area (Å²) in [7, 11) is 2.62. The van der Waals surface area contributed by atoms with E-state index >= 15 is 0 Å². The Labute approximate surface area is 121 Å². The molecular formula is C13H18O8. The number of benzene rings is 1. The van der Waals surface area contributed by atoms with Crippen LogP contribution in [-0.2, 0) is 4.74 Å². The fraction of sp³-hybridized carbons (Fsp3) is 0.462. The van der Waals surface area contributed by atoms with Gasteiger partial charge in [-0.05, 0) is 12.1 Å². The van der Waals surface area contributed by atoms with Gasteiger partial charge in [-0.15, -0.1) is 0 Å². The van der Waals surface area contributed by atoms with Crippen molar-refractivity contribution in [1.82, 2.24) is 0 Å². The number of carbonyl (C=O) groups excluding carboxylic acids is 1. The van der Waals surface area contributed by atoms with E-state index in [1.165, 1.54) is 26.4 Å². The number of phenols is 1. The third-order valence-electron chi connectivity index (χ3n) is 2.73. The molecule has 0 aliphatic heterocycles. The van der Waals surface area contributed by atoms with Gasteiger partial charge in [0.1, 0.15) is 18.8 Å². The highest BCUT2D eigenvalue weighted by molar-refractivity contribution is 5.91. The van der Waals surface area contributed by atoms with E-state index in [9.17, 15) is 15.0 Å². The molecule has 1 aromatic rings. The molecular weight excluding hydrogens is 284 g/mol. The van der Waals surface area contributed by atoms with E-state index < -0.39 is 31.4 Å². The largest absolute Gasteiger partial charge is 0.502 e. The maximum absolute atomic E-state index is 11.8. The number of aliphatic hydroxyl groups excluding tert-OH is 3. The van der Waals surface area contributed by atoms with Crippen molar-refractivity contribution in [2.24, 2.45) is 0 Å². The Bertz CT molecular complexity index is 462. The van der Waals surface area contributed by atoms with Crippen molar-refractivity contribution < 1.29 is 39.4 Å². The molecule has 0 radical (unpaired) electrons. The van der Waals surface area contributed by atoms with Gasteiger partial charge >= 0.3 is 5.97 Å². The average Bonchev–Trinajstić information content (AvgIpc) is 2.51. The zero-order valence-electron chi connectivity index (χ0n) is 11.6. The number of hydrogen-bond acceptors (Lipinski definition) is 8. The second kappa shape index (κ2) is 7.67. The summed E-state index contributed by atoms with van der Waals surface area (Å²) in [6, 6.07) is 2.49. The topological polar surface area (TPSA) is 126 Å². The first kappa shape index (κ1) is 17.0. The number of phenolic OH excluding ortho intramolecular Hbond substituents is 1. The van der Waals surface area contributed by atoms with E-state index in [1.807, 2.05) is 0 Å². The van der Waals surface area contributed by atoms with Crippen LogP contribution in [0.5, 0.6) is 17.2 Å². The SMILES string of the molecule is COc1cc(C(=O)OCC(O)C(O)CO)cc(OC)c1O. The molecule has 0 bridgehead atoms. The monoisotopic (exact) mass is 302 g/mol. The van der Waals surface area contributed by atoms with Crippen LogP contribution in [0.1, 0.15) is 10.4 Å². The minimum absolute atomic E-state index is 0.0252. The lowest BCUT2D eigenvalue weighted by molar-refractivity contribution is -0.0467. The van der Waals surface area contributed by atoms with Crippen molar-refractivity contribution in [3.8, 4) is 17.2 Å². The molecule has 1 aromatic carbocycles. The minimum Gasteiger partial charge on any atom is -0.502 e. The van der Waals surface area contributed by atoms with Crippen LogP contribution in [0.4, 0.5) is 0 Å². The molecule has 0 amide bonds. The number of aliphatic hydroxyl groups is 3.